The van der Waals surface area contributed by atoms with Crippen molar-refractivity contribution >= 4 is 95.9 Å². The van der Waals surface area contributed by atoms with E-state index in [4.69, 9.17) is 0 Å². The van der Waals surface area contributed by atoms with Crippen LogP contribution in [0.25, 0.3) is 43.8 Å². The van der Waals surface area contributed by atoms with Crippen LogP contribution in [0.5, 0.6) is 0 Å². The van der Waals surface area contributed by atoms with Crippen molar-refractivity contribution in [3.8, 4) is 22.3 Å². The van der Waals surface area contributed by atoms with E-state index in [0.29, 0.717) is 0 Å². The van der Waals surface area contributed by atoms with E-state index in [1.165, 1.54) is 64.5 Å². The Labute approximate surface area is 422 Å². The Morgan fingerprint density at radius 1 is 0.292 bits per heavy atom. The third-order valence-corrected chi connectivity index (χ3v) is 19.3. The predicted molar refractivity (Wildman–Crippen MR) is 309 cm³/mol. The van der Waals surface area contributed by atoms with Crippen LogP contribution >= 0.6 is 0 Å². The van der Waals surface area contributed by atoms with Crippen molar-refractivity contribution in [2.45, 2.75) is 0 Å². The van der Waals surface area contributed by atoms with E-state index in [1.54, 1.807) is 0 Å². The fourth-order valence-corrected chi connectivity index (χ4v) is 16.6. The van der Waals surface area contributed by atoms with E-state index in [0.717, 1.165) is 45.5 Å². The molecule has 0 aliphatic carbocycles. The van der Waals surface area contributed by atoms with Crippen LogP contribution in [-0.2, 0) is 0 Å². The Hall–Kier alpha value is -9.22. The number of hydrogen-bond acceptors (Lipinski definition) is 3. The normalized spacial score (nSPS) is 12.3. The average molecular weight is 936 g/mol. The smallest absolute Gasteiger partial charge is 0.181 e. The van der Waals surface area contributed by atoms with Gasteiger partial charge in [0.15, 0.2) is 8.07 Å². The fourth-order valence-electron chi connectivity index (χ4n) is 11.4. The number of nitrogens with one attached hydrogen (secondary N) is 1. The van der Waals surface area contributed by atoms with Crippen LogP contribution in [-0.4, -0.2) is 8.07 Å². The molecule has 0 bridgehead atoms. The maximum absolute atomic E-state index is 3.93. The number of nitrogens with zero attached hydrogens (tertiary/aromatic N) is 2. The van der Waals surface area contributed by atoms with Gasteiger partial charge >= 0.3 is 0 Å². The molecule has 0 saturated heterocycles. The third-order valence-electron chi connectivity index (χ3n) is 14.5. The van der Waals surface area contributed by atoms with Gasteiger partial charge in [0, 0.05) is 50.5 Å². The number of hydrogen-bond donors (Lipinski definition) is 1. The number of rotatable bonds is 10. The summed E-state index contributed by atoms with van der Waals surface area (Å²) < 4.78 is 0. The lowest BCUT2D eigenvalue weighted by Crippen LogP contribution is -2.75. The van der Waals surface area contributed by atoms with Gasteiger partial charge in [-0.05, 0) is 127 Å². The lowest BCUT2D eigenvalue weighted by Gasteiger charge is -2.38. The molecule has 1 heterocycles. The summed E-state index contributed by atoms with van der Waals surface area (Å²) in [7, 11) is -3.39. The summed E-state index contributed by atoms with van der Waals surface area (Å²) >= 11 is 0. The van der Waals surface area contributed by atoms with Crippen LogP contribution in [0.2, 0.25) is 0 Å². The molecule has 1 aliphatic rings. The summed E-state index contributed by atoms with van der Waals surface area (Å²) in [4.78, 5) is 4.93. The van der Waals surface area contributed by atoms with Gasteiger partial charge in [-0.15, -0.1) is 0 Å². The Bertz CT molecular complexity index is 3850. The molecule has 0 saturated carbocycles. The van der Waals surface area contributed by atoms with Gasteiger partial charge in [-0.3, -0.25) is 0 Å². The highest BCUT2D eigenvalue weighted by molar-refractivity contribution is 7.21. The first-order chi connectivity index (χ1) is 35.7. The SMILES string of the molecule is c1ccc(Nc2cccc3c2-c2ccc(N(c4ccccc4)c4cccc5ccccc45)cc2[Si](c2ccccc2)(c2ccccc2)c2cc(N(c4ccccc4)c4cccc5ccccc45)ccc2-3)cc1. The second-order valence-corrected chi connectivity index (χ2v) is 22.2. The summed E-state index contributed by atoms with van der Waals surface area (Å²) in [5, 5.41) is 14.0. The molecule has 0 aromatic heterocycles. The van der Waals surface area contributed by atoms with Gasteiger partial charge in [-0.25, -0.2) is 0 Å². The average Bonchev–Trinajstić information content (AvgIpc) is 3.56. The maximum Gasteiger partial charge on any atom is 0.181 e. The summed E-state index contributed by atoms with van der Waals surface area (Å²) in [6.07, 6.45) is 0. The third kappa shape index (κ3) is 7.28. The predicted octanol–water partition coefficient (Wildman–Crippen LogP) is 15.7. The molecule has 13 rings (SSSR count). The molecule has 0 amide bonds. The Kier molecular flexibility index (Phi) is 10.9. The molecule has 3 nitrogen and oxygen atoms in total. The van der Waals surface area contributed by atoms with E-state index in [-0.39, 0.29) is 0 Å². The van der Waals surface area contributed by atoms with Crippen LogP contribution < -0.4 is 35.9 Å². The van der Waals surface area contributed by atoms with Crippen molar-refractivity contribution in [3.05, 3.63) is 291 Å². The van der Waals surface area contributed by atoms with Crippen LogP contribution in [0.4, 0.5) is 45.5 Å². The maximum atomic E-state index is 3.93. The first kappa shape index (κ1) is 42.8. The van der Waals surface area contributed by atoms with Gasteiger partial charge in [0.05, 0.1) is 11.4 Å². The molecule has 0 radical (unpaired) electrons. The topological polar surface area (TPSA) is 18.5 Å². The zero-order valence-electron chi connectivity index (χ0n) is 39.6. The molecule has 1 N–H and O–H groups in total. The number of anilines is 8. The molecule has 4 heteroatoms. The van der Waals surface area contributed by atoms with Crippen molar-refractivity contribution in [2.24, 2.45) is 0 Å². The van der Waals surface area contributed by atoms with E-state index in [9.17, 15) is 0 Å². The monoisotopic (exact) mass is 935 g/mol. The standard InChI is InChI=1S/C68H49N3Si/c1-6-27-51(28-7-1)69-63-40-22-39-61-60-45-43-54(70(52-29-8-2-9-30-52)64-41-20-25-49-23-16-18-37-58(49)64)47-66(60)72(56-33-12-4-13-34-56,57-35-14-5-15-36-57)67-48-55(44-46-62(67)68(61)63)71(53-31-10-3-11-32-53)65-42-21-26-50-24-17-19-38-59(50)65/h1-48,69H. The van der Waals surface area contributed by atoms with Gasteiger partial charge in [0.1, 0.15) is 0 Å². The zero-order valence-corrected chi connectivity index (χ0v) is 40.6. The Morgan fingerprint density at radius 3 is 1.24 bits per heavy atom. The molecule has 12 aromatic carbocycles. The Balaban J connectivity index is 1.18. The quantitative estimate of drug-likeness (QED) is 0.138. The molecular weight excluding hydrogens is 887 g/mol. The van der Waals surface area contributed by atoms with Crippen molar-refractivity contribution in [2.75, 3.05) is 15.1 Å². The lowest BCUT2D eigenvalue weighted by atomic mass is 9.92. The second-order valence-electron chi connectivity index (χ2n) is 18.5. The molecule has 1 aliphatic heterocycles. The van der Waals surface area contributed by atoms with Crippen molar-refractivity contribution < 1.29 is 0 Å². The molecule has 12 aromatic rings. The fraction of sp³-hybridized carbons (Fsp3) is 0. The molecular formula is C68H49N3Si. The van der Waals surface area contributed by atoms with Gasteiger partial charge in [-0.2, -0.15) is 0 Å². The first-order valence-corrected chi connectivity index (χ1v) is 26.8. The van der Waals surface area contributed by atoms with Crippen LogP contribution in [0.3, 0.4) is 0 Å². The van der Waals surface area contributed by atoms with Crippen LogP contribution in [0.15, 0.2) is 291 Å². The molecule has 340 valence electrons. The minimum absolute atomic E-state index is 1.04. The summed E-state index contributed by atoms with van der Waals surface area (Å²) in [5.74, 6) is 0. The minimum Gasteiger partial charge on any atom is -0.355 e. The highest BCUT2D eigenvalue weighted by Gasteiger charge is 2.47. The number of fused-ring (bicyclic) bond motifs is 7. The van der Waals surface area contributed by atoms with Gasteiger partial charge < -0.3 is 15.1 Å². The van der Waals surface area contributed by atoms with Gasteiger partial charge in [-0.1, -0.05) is 212 Å². The van der Waals surface area contributed by atoms with Gasteiger partial charge in [0.2, 0.25) is 0 Å². The summed E-state index contributed by atoms with van der Waals surface area (Å²) in [6.45, 7) is 0. The number of benzene rings is 12. The van der Waals surface area contributed by atoms with E-state index in [2.05, 4.69) is 306 Å². The van der Waals surface area contributed by atoms with E-state index >= 15 is 0 Å². The summed E-state index contributed by atoms with van der Waals surface area (Å²) in [5.41, 5.74) is 13.6. The van der Waals surface area contributed by atoms with Gasteiger partial charge in [0.25, 0.3) is 0 Å². The van der Waals surface area contributed by atoms with Crippen LogP contribution in [0, 0.1) is 0 Å². The molecule has 0 spiro atoms. The van der Waals surface area contributed by atoms with E-state index in [1.807, 2.05) is 0 Å². The molecule has 0 fully saturated rings. The van der Waals surface area contributed by atoms with Crippen molar-refractivity contribution in [3.63, 3.8) is 0 Å². The second kappa shape index (κ2) is 18.3. The minimum atomic E-state index is -3.39. The lowest BCUT2D eigenvalue weighted by molar-refractivity contribution is 1.30. The molecule has 0 unspecified atom stereocenters. The molecule has 0 atom stereocenters. The zero-order chi connectivity index (χ0) is 47.8. The highest BCUT2D eigenvalue weighted by Crippen LogP contribution is 2.46. The van der Waals surface area contributed by atoms with Crippen molar-refractivity contribution in [1.29, 1.82) is 0 Å². The van der Waals surface area contributed by atoms with Crippen LogP contribution in [0.1, 0.15) is 0 Å². The van der Waals surface area contributed by atoms with E-state index < -0.39 is 8.07 Å². The van der Waals surface area contributed by atoms with Crippen molar-refractivity contribution in [1.82, 2.24) is 0 Å². The first-order valence-electron chi connectivity index (χ1n) is 24.8. The molecule has 72 heavy (non-hydrogen) atoms. The Morgan fingerprint density at radius 2 is 0.708 bits per heavy atom. The number of para-hydroxylation sites is 3. The summed E-state index contributed by atoms with van der Waals surface area (Å²) in [6, 6.07) is 107. The highest BCUT2D eigenvalue weighted by atomic mass is 28.3. The largest absolute Gasteiger partial charge is 0.355 e.